The van der Waals surface area contributed by atoms with Crippen molar-refractivity contribution >= 4 is 55.2 Å². The Kier molecular flexibility index (Phi) is 6.53. The fourth-order valence-electron chi connectivity index (χ4n) is 7.73. The van der Waals surface area contributed by atoms with Crippen LogP contribution in [0.3, 0.4) is 0 Å². The van der Waals surface area contributed by atoms with Crippen LogP contribution in [-0.2, 0) is 0 Å². The van der Waals surface area contributed by atoms with Crippen LogP contribution in [0.1, 0.15) is 0 Å². The summed E-state index contributed by atoms with van der Waals surface area (Å²) in [7, 11) is 0. The molecule has 0 radical (unpaired) electrons. The van der Waals surface area contributed by atoms with Gasteiger partial charge in [0.15, 0.2) is 0 Å². The van der Waals surface area contributed by atoms with E-state index in [2.05, 4.69) is 203 Å². The maximum absolute atomic E-state index is 2.45. The van der Waals surface area contributed by atoms with Crippen molar-refractivity contribution in [1.29, 1.82) is 0 Å². The first kappa shape index (κ1) is 28.4. The molecule has 0 aliphatic carbocycles. The zero-order chi connectivity index (χ0) is 33.0. The third-order valence-electron chi connectivity index (χ3n) is 10.1. The molecule has 2 nitrogen and oxygen atoms in total. The van der Waals surface area contributed by atoms with Crippen LogP contribution in [0.25, 0.3) is 71.5 Å². The van der Waals surface area contributed by atoms with Gasteiger partial charge in [-0.1, -0.05) is 146 Å². The standard InChI is InChI=1S/C48H32N2/c1-3-10-33(11-4-1)34-18-20-35(21-19-34)36-22-27-40(28-23-36)49(39-12-5-2-6-13-39)41-29-24-37(25-30-41)38-26-31-43-45-16-9-15-44-42-14-7-8-17-46(42)50(48(44)45)47(43)32-38/h1-32H. The van der Waals surface area contributed by atoms with Gasteiger partial charge in [0, 0.05) is 38.6 Å². The van der Waals surface area contributed by atoms with Gasteiger partial charge < -0.3 is 9.30 Å². The quantitative estimate of drug-likeness (QED) is 0.176. The minimum Gasteiger partial charge on any atom is -0.311 e. The van der Waals surface area contributed by atoms with E-state index in [0.29, 0.717) is 0 Å². The minimum absolute atomic E-state index is 1.12. The zero-order valence-corrected chi connectivity index (χ0v) is 27.4. The molecule has 234 valence electrons. The smallest absolute Gasteiger partial charge is 0.0620 e. The van der Waals surface area contributed by atoms with Crippen molar-refractivity contribution in [2.45, 2.75) is 0 Å². The van der Waals surface area contributed by atoms with Crippen LogP contribution in [0.5, 0.6) is 0 Å². The number of hydrogen-bond acceptors (Lipinski definition) is 1. The van der Waals surface area contributed by atoms with E-state index in [1.165, 1.54) is 71.5 Å². The summed E-state index contributed by atoms with van der Waals surface area (Å²) in [5.74, 6) is 0. The molecule has 0 unspecified atom stereocenters. The number of rotatable bonds is 6. The van der Waals surface area contributed by atoms with Gasteiger partial charge in [-0.25, -0.2) is 0 Å². The molecule has 0 bridgehead atoms. The summed E-state index contributed by atoms with van der Waals surface area (Å²) in [6, 6.07) is 70.2. The highest BCUT2D eigenvalue weighted by Gasteiger charge is 2.18. The lowest BCUT2D eigenvalue weighted by atomic mass is 10.00. The van der Waals surface area contributed by atoms with E-state index in [0.717, 1.165) is 17.1 Å². The molecule has 10 aromatic rings. The third kappa shape index (κ3) is 4.57. The minimum atomic E-state index is 1.12. The van der Waals surface area contributed by atoms with Crippen molar-refractivity contribution in [3.63, 3.8) is 0 Å². The summed E-state index contributed by atoms with van der Waals surface area (Å²) in [4.78, 5) is 2.33. The van der Waals surface area contributed by atoms with E-state index in [-0.39, 0.29) is 0 Å². The third-order valence-corrected chi connectivity index (χ3v) is 10.1. The molecular formula is C48H32N2. The Bertz CT molecular complexity index is 2760. The molecular weight excluding hydrogens is 605 g/mol. The van der Waals surface area contributed by atoms with Gasteiger partial charge in [0.25, 0.3) is 0 Å². The fraction of sp³-hybridized carbons (Fsp3) is 0. The Hall–Kier alpha value is -6.64. The number of anilines is 3. The van der Waals surface area contributed by atoms with Crippen LogP contribution in [0.15, 0.2) is 194 Å². The molecule has 0 saturated heterocycles. The molecule has 0 aliphatic heterocycles. The molecule has 2 heterocycles. The molecule has 50 heavy (non-hydrogen) atoms. The molecule has 0 N–H and O–H groups in total. The van der Waals surface area contributed by atoms with Gasteiger partial charge >= 0.3 is 0 Å². The second kappa shape index (κ2) is 11.5. The predicted octanol–water partition coefficient (Wildman–Crippen LogP) is 13.3. The van der Waals surface area contributed by atoms with Gasteiger partial charge in [-0.2, -0.15) is 0 Å². The Labute approximate surface area is 291 Å². The number of hydrogen-bond donors (Lipinski definition) is 0. The van der Waals surface area contributed by atoms with Crippen LogP contribution in [0.2, 0.25) is 0 Å². The van der Waals surface area contributed by atoms with Crippen molar-refractivity contribution in [2.24, 2.45) is 0 Å². The summed E-state index contributed by atoms with van der Waals surface area (Å²) in [6.45, 7) is 0. The Morgan fingerprint density at radius 1 is 0.280 bits per heavy atom. The highest BCUT2D eigenvalue weighted by atomic mass is 15.1. The van der Waals surface area contributed by atoms with Crippen LogP contribution in [0.4, 0.5) is 17.1 Å². The average molecular weight is 637 g/mol. The second-order valence-corrected chi connectivity index (χ2v) is 13.0. The normalized spacial score (nSPS) is 11.6. The molecule has 2 aromatic heterocycles. The average Bonchev–Trinajstić information content (AvgIpc) is 3.72. The molecule has 0 spiro atoms. The largest absolute Gasteiger partial charge is 0.311 e. The predicted molar refractivity (Wildman–Crippen MR) is 212 cm³/mol. The van der Waals surface area contributed by atoms with Gasteiger partial charge in [-0.15, -0.1) is 0 Å². The molecule has 0 aliphatic rings. The van der Waals surface area contributed by atoms with E-state index in [4.69, 9.17) is 0 Å². The first-order valence-corrected chi connectivity index (χ1v) is 17.2. The lowest BCUT2D eigenvalue weighted by molar-refractivity contribution is 1.28. The van der Waals surface area contributed by atoms with Crippen molar-refractivity contribution < 1.29 is 0 Å². The summed E-state index contributed by atoms with van der Waals surface area (Å²) in [5, 5.41) is 5.22. The zero-order valence-electron chi connectivity index (χ0n) is 27.4. The molecule has 0 atom stereocenters. The molecule has 2 heteroatoms. The molecule has 8 aromatic carbocycles. The van der Waals surface area contributed by atoms with Crippen LogP contribution in [-0.4, -0.2) is 4.40 Å². The van der Waals surface area contributed by atoms with E-state index < -0.39 is 0 Å². The maximum atomic E-state index is 2.45. The Morgan fingerprint density at radius 3 is 1.32 bits per heavy atom. The highest BCUT2D eigenvalue weighted by Crippen LogP contribution is 2.41. The summed E-state index contributed by atoms with van der Waals surface area (Å²) in [6.07, 6.45) is 0. The lowest BCUT2D eigenvalue weighted by Gasteiger charge is -2.26. The van der Waals surface area contributed by atoms with Crippen molar-refractivity contribution in [1.82, 2.24) is 4.40 Å². The number of benzene rings is 8. The summed E-state index contributed by atoms with van der Waals surface area (Å²) >= 11 is 0. The Morgan fingerprint density at radius 2 is 0.700 bits per heavy atom. The fourth-order valence-corrected chi connectivity index (χ4v) is 7.73. The molecule has 0 amide bonds. The lowest BCUT2D eigenvalue weighted by Crippen LogP contribution is -2.09. The van der Waals surface area contributed by atoms with Crippen LogP contribution < -0.4 is 4.90 Å². The Balaban J connectivity index is 1.00. The van der Waals surface area contributed by atoms with E-state index in [9.17, 15) is 0 Å². The van der Waals surface area contributed by atoms with Crippen molar-refractivity contribution in [2.75, 3.05) is 4.90 Å². The van der Waals surface area contributed by atoms with E-state index >= 15 is 0 Å². The monoisotopic (exact) mass is 636 g/mol. The van der Waals surface area contributed by atoms with Crippen molar-refractivity contribution in [3.05, 3.63) is 194 Å². The van der Waals surface area contributed by atoms with E-state index in [1.54, 1.807) is 0 Å². The van der Waals surface area contributed by atoms with Gasteiger partial charge in [0.2, 0.25) is 0 Å². The van der Waals surface area contributed by atoms with Gasteiger partial charge in [-0.05, 0) is 81.9 Å². The molecule has 0 fully saturated rings. The van der Waals surface area contributed by atoms with Crippen LogP contribution >= 0.6 is 0 Å². The van der Waals surface area contributed by atoms with Crippen LogP contribution in [0, 0.1) is 0 Å². The van der Waals surface area contributed by atoms with Crippen molar-refractivity contribution in [3.8, 4) is 33.4 Å². The SMILES string of the molecule is c1ccc(-c2ccc(-c3ccc(N(c4ccccc4)c4ccc(-c5ccc6c7cccc8c9ccccc9n(c6c5)c87)cc4)cc3)cc2)cc1. The second-order valence-electron chi connectivity index (χ2n) is 13.0. The van der Waals surface area contributed by atoms with Gasteiger partial charge in [-0.3, -0.25) is 0 Å². The maximum Gasteiger partial charge on any atom is 0.0620 e. The van der Waals surface area contributed by atoms with E-state index in [1.807, 2.05) is 0 Å². The van der Waals surface area contributed by atoms with Gasteiger partial charge in [0.1, 0.15) is 0 Å². The highest BCUT2D eigenvalue weighted by molar-refractivity contribution is 6.23. The topological polar surface area (TPSA) is 7.65 Å². The number of fused-ring (bicyclic) bond motifs is 6. The number of nitrogens with zero attached hydrogens (tertiary/aromatic N) is 2. The summed E-state index contributed by atoms with van der Waals surface area (Å²) < 4.78 is 2.45. The summed E-state index contributed by atoms with van der Waals surface area (Å²) in [5.41, 5.74) is 14.4. The van der Waals surface area contributed by atoms with Gasteiger partial charge in [0.05, 0.1) is 16.6 Å². The number of aromatic nitrogens is 1. The molecule has 10 rings (SSSR count). The number of para-hydroxylation sites is 3. The first-order chi connectivity index (χ1) is 24.8. The first-order valence-electron chi connectivity index (χ1n) is 17.2. The molecule has 0 saturated carbocycles.